The van der Waals surface area contributed by atoms with Gasteiger partial charge in [0.05, 0.1) is 6.07 Å². The minimum atomic E-state index is -0.812. The van der Waals surface area contributed by atoms with Gasteiger partial charge in [-0.25, -0.2) is 4.79 Å². The van der Waals surface area contributed by atoms with E-state index in [1.807, 2.05) is 0 Å². The van der Waals surface area contributed by atoms with Gasteiger partial charge in [-0.05, 0) is 30.3 Å². The van der Waals surface area contributed by atoms with Crippen molar-refractivity contribution in [2.75, 3.05) is 5.73 Å². The Balaban J connectivity index is 2.11. The van der Waals surface area contributed by atoms with Gasteiger partial charge >= 0.3 is 11.9 Å². The minimum Gasteiger partial charge on any atom is -0.421 e. The van der Waals surface area contributed by atoms with Crippen LogP contribution in [0.15, 0.2) is 40.8 Å². The van der Waals surface area contributed by atoms with E-state index in [9.17, 15) is 14.9 Å². The molecule has 1 aromatic heterocycles. The molecule has 2 rings (SSSR count). The van der Waals surface area contributed by atoms with E-state index in [4.69, 9.17) is 14.9 Å². The second-order valence-corrected chi connectivity index (χ2v) is 3.35. The third-order valence-corrected chi connectivity index (χ3v) is 2.06. The van der Waals surface area contributed by atoms with Crippen molar-refractivity contribution in [3.63, 3.8) is 0 Å². The molecule has 0 saturated carbocycles. The lowest BCUT2D eigenvalue weighted by Crippen LogP contribution is -2.07. The predicted octanol–water partition coefficient (Wildman–Crippen LogP) is 1.99. The number of nitro groups is 1. The van der Waals surface area contributed by atoms with Gasteiger partial charge in [-0.1, -0.05) is 0 Å². The van der Waals surface area contributed by atoms with Crippen molar-refractivity contribution in [3.8, 4) is 5.75 Å². The number of carbonyl (C=O) groups is 1. The molecular formula is C11H8N2O5. The summed E-state index contributed by atoms with van der Waals surface area (Å²) >= 11 is 0. The van der Waals surface area contributed by atoms with Crippen molar-refractivity contribution in [1.29, 1.82) is 0 Å². The monoisotopic (exact) mass is 248 g/mol. The minimum absolute atomic E-state index is 0.237. The van der Waals surface area contributed by atoms with Crippen LogP contribution >= 0.6 is 0 Å². The molecule has 0 radical (unpaired) electrons. The van der Waals surface area contributed by atoms with Crippen LogP contribution < -0.4 is 10.5 Å². The van der Waals surface area contributed by atoms with E-state index in [0.29, 0.717) is 5.69 Å². The van der Waals surface area contributed by atoms with E-state index in [-0.39, 0.29) is 11.5 Å². The molecule has 0 aliphatic rings. The van der Waals surface area contributed by atoms with Gasteiger partial charge in [0, 0.05) is 5.69 Å². The second kappa shape index (κ2) is 4.58. The zero-order valence-electron chi connectivity index (χ0n) is 9.03. The fraction of sp³-hybridized carbons (Fsp3) is 0. The number of hydrogen-bond donors (Lipinski definition) is 1. The van der Waals surface area contributed by atoms with Crippen molar-refractivity contribution < 1.29 is 18.9 Å². The molecule has 1 aromatic carbocycles. The highest BCUT2D eigenvalue weighted by Gasteiger charge is 2.18. The summed E-state index contributed by atoms with van der Waals surface area (Å²) in [5, 5.41) is 10.4. The summed E-state index contributed by atoms with van der Waals surface area (Å²) in [6, 6.07) is 8.40. The molecule has 0 atom stereocenters. The molecule has 2 aromatic rings. The molecule has 0 fully saturated rings. The summed E-state index contributed by atoms with van der Waals surface area (Å²) < 4.78 is 9.64. The van der Waals surface area contributed by atoms with E-state index >= 15 is 0 Å². The highest BCUT2D eigenvalue weighted by atomic mass is 16.7. The number of nitrogen functional groups attached to an aromatic ring is 1. The molecule has 18 heavy (non-hydrogen) atoms. The number of hydrogen-bond acceptors (Lipinski definition) is 6. The van der Waals surface area contributed by atoms with Gasteiger partial charge in [0.25, 0.3) is 0 Å². The SMILES string of the molecule is Nc1ccc(OC(=O)c2ccc([N+](=O)[O-])o2)cc1. The Bertz CT molecular complexity index is 588. The maximum absolute atomic E-state index is 11.6. The molecule has 1 heterocycles. The van der Waals surface area contributed by atoms with E-state index in [0.717, 1.165) is 6.07 Å². The molecular weight excluding hydrogens is 240 g/mol. The van der Waals surface area contributed by atoms with E-state index in [1.54, 1.807) is 12.1 Å². The smallest absolute Gasteiger partial charge is 0.421 e. The van der Waals surface area contributed by atoms with Crippen LogP contribution in [-0.4, -0.2) is 10.9 Å². The molecule has 0 unspecified atom stereocenters. The fourth-order valence-electron chi connectivity index (χ4n) is 1.23. The maximum Gasteiger partial charge on any atom is 0.433 e. The second-order valence-electron chi connectivity index (χ2n) is 3.35. The van der Waals surface area contributed by atoms with Crippen molar-refractivity contribution in [2.24, 2.45) is 0 Å². The van der Waals surface area contributed by atoms with Crippen LogP contribution in [0.25, 0.3) is 0 Å². The first-order valence-corrected chi connectivity index (χ1v) is 4.88. The largest absolute Gasteiger partial charge is 0.433 e. The lowest BCUT2D eigenvalue weighted by molar-refractivity contribution is -0.402. The Morgan fingerprint density at radius 3 is 2.44 bits per heavy atom. The van der Waals surface area contributed by atoms with E-state index in [2.05, 4.69) is 0 Å². The van der Waals surface area contributed by atoms with Crippen molar-refractivity contribution >= 4 is 17.5 Å². The number of nitrogens with zero attached hydrogens (tertiary/aromatic N) is 1. The third-order valence-electron chi connectivity index (χ3n) is 2.06. The highest BCUT2D eigenvalue weighted by Crippen LogP contribution is 2.19. The molecule has 0 amide bonds. The van der Waals surface area contributed by atoms with Crippen LogP contribution in [0.2, 0.25) is 0 Å². The van der Waals surface area contributed by atoms with E-state index in [1.165, 1.54) is 18.2 Å². The topological polar surface area (TPSA) is 109 Å². The molecule has 7 heteroatoms. The van der Waals surface area contributed by atoms with Crippen LogP contribution in [0.1, 0.15) is 10.6 Å². The zero-order chi connectivity index (χ0) is 13.1. The average Bonchev–Trinajstić information content (AvgIpc) is 2.81. The van der Waals surface area contributed by atoms with Gasteiger partial charge in [0.1, 0.15) is 10.7 Å². The number of anilines is 1. The fourth-order valence-corrected chi connectivity index (χ4v) is 1.23. The normalized spacial score (nSPS) is 10.0. The summed E-state index contributed by atoms with van der Waals surface area (Å²) in [6.45, 7) is 0. The molecule has 0 spiro atoms. The van der Waals surface area contributed by atoms with Gasteiger partial charge in [-0.2, -0.15) is 0 Å². The summed E-state index contributed by atoms with van der Waals surface area (Å²) in [4.78, 5) is 21.2. The van der Waals surface area contributed by atoms with Gasteiger partial charge in [0.15, 0.2) is 0 Å². The Hall–Kier alpha value is -2.83. The lowest BCUT2D eigenvalue weighted by atomic mass is 10.3. The number of esters is 1. The maximum atomic E-state index is 11.6. The number of ether oxygens (including phenoxy) is 1. The number of nitrogens with two attached hydrogens (primary N) is 1. The quantitative estimate of drug-likeness (QED) is 0.292. The van der Waals surface area contributed by atoms with Crippen LogP contribution in [0.4, 0.5) is 11.6 Å². The Kier molecular flexibility index (Phi) is 2.96. The molecule has 2 N–H and O–H groups in total. The third kappa shape index (κ3) is 2.46. The molecule has 0 aliphatic heterocycles. The van der Waals surface area contributed by atoms with Crippen LogP contribution in [-0.2, 0) is 0 Å². The Morgan fingerprint density at radius 1 is 1.22 bits per heavy atom. The average molecular weight is 248 g/mol. The molecule has 0 aliphatic carbocycles. The first kappa shape index (κ1) is 11.6. The Morgan fingerprint density at radius 2 is 1.89 bits per heavy atom. The first-order chi connectivity index (χ1) is 8.56. The predicted molar refractivity (Wildman–Crippen MR) is 61.2 cm³/mol. The van der Waals surface area contributed by atoms with Crippen molar-refractivity contribution in [2.45, 2.75) is 0 Å². The number of furan rings is 1. The summed E-state index contributed by atoms with van der Waals surface area (Å²) in [5.74, 6) is -1.29. The highest BCUT2D eigenvalue weighted by molar-refractivity contribution is 5.88. The molecule has 0 bridgehead atoms. The summed E-state index contributed by atoms with van der Waals surface area (Å²) in [6.07, 6.45) is 0. The molecule has 0 saturated heterocycles. The van der Waals surface area contributed by atoms with Crippen molar-refractivity contribution in [3.05, 3.63) is 52.3 Å². The Labute approximate surface area is 101 Å². The number of rotatable bonds is 3. The first-order valence-electron chi connectivity index (χ1n) is 4.88. The van der Waals surface area contributed by atoms with Crippen LogP contribution in [0.5, 0.6) is 5.75 Å². The van der Waals surface area contributed by atoms with Gasteiger partial charge < -0.3 is 14.9 Å². The summed E-state index contributed by atoms with van der Waals surface area (Å²) in [5.41, 5.74) is 6.00. The lowest BCUT2D eigenvalue weighted by Gasteiger charge is -2.01. The van der Waals surface area contributed by atoms with Crippen molar-refractivity contribution in [1.82, 2.24) is 0 Å². The number of benzene rings is 1. The van der Waals surface area contributed by atoms with E-state index < -0.39 is 16.8 Å². The molecule has 7 nitrogen and oxygen atoms in total. The van der Waals surface area contributed by atoms with Gasteiger partial charge in [-0.15, -0.1) is 0 Å². The van der Waals surface area contributed by atoms with Crippen LogP contribution in [0, 0.1) is 10.1 Å². The number of carbonyl (C=O) groups excluding carboxylic acids is 1. The summed E-state index contributed by atoms with van der Waals surface area (Å²) in [7, 11) is 0. The van der Waals surface area contributed by atoms with Gasteiger partial charge in [0.2, 0.25) is 5.76 Å². The van der Waals surface area contributed by atoms with Gasteiger partial charge in [-0.3, -0.25) is 10.1 Å². The molecule has 92 valence electrons. The zero-order valence-corrected chi connectivity index (χ0v) is 9.03. The van der Waals surface area contributed by atoms with Crippen LogP contribution in [0.3, 0.4) is 0 Å². The standard InChI is InChI=1S/C11H8N2O5/c12-7-1-3-8(4-2-7)17-11(14)9-5-6-10(18-9)13(15)16/h1-6H,12H2.